The van der Waals surface area contributed by atoms with Crippen LogP contribution in [0.25, 0.3) is 12.2 Å². The van der Waals surface area contributed by atoms with Gasteiger partial charge in [0.15, 0.2) is 0 Å². The maximum atomic E-state index is 12.3. The van der Waals surface area contributed by atoms with Gasteiger partial charge in [-0.05, 0) is 23.8 Å². The molecule has 0 aliphatic heterocycles. The SMILES string of the molecule is FC(F)(F)c1ccc(/C=C/c2cn[nH]n2)cc1. The molecule has 0 saturated heterocycles. The lowest BCUT2D eigenvalue weighted by Gasteiger charge is -2.05. The maximum Gasteiger partial charge on any atom is 0.416 e. The van der Waals surface area contributed by atoms with E-state index in [1.54, 1.807) is 12.2 Å². The Kier molecular flexibility index (Phi) is 2.95. The summed E-state index contributed by atoms with van der Waals surface area (Å²) in [5.74, 6) is 0. The van der Waals surface area contributed by atoms with E-state index in [-0.39, 0.29) is 0 Å². The van der Waals surface area contributed by atoms with Gasteiger partial charge >= 0.3 is 6.18 Å². The summed E-state index contributed by atoms with van der Waals surface area (Å²) in [6.07, 6.45) is 0.541. The summed E-state index contributed by atoms with van der Waals surface area (Å²) in [5, 5.41) is 9.82. The number of rotatable bonds is 2. The number of nitrogens with zero attached hydrogens (tertiary/aromatic N) is 2. The van der Waals surface area contributed by atoms with Crippen LogP contribution in [0.3, 0.4) is 0 Å². The van der Waals surface area contributed by atoms with Crippen LogP contribution in [0.4, 0.5) is 13.2 Å². The van der Waals surface area contributed by atoms with E-state index in [1.165, 1.54) is 18.3 Å². The highest BCUT2D eigenvalue weighted by Gasteiger charge is 2.29. The van der Waals surface area contributed by atoms with Crippen LogP contribution >= 0.6 is 0 Å². The first kappa shape index (κ1) is 11.4. The van der Waals surface area contributed by atoms with Crippen LogP contribution in [0.2, 0.25) is 0 Å². The van der Waals surface area contributed by atoms with Gasteiger partial charge in [-0.2, -0.15) is 28.6 Å². The second-order valence-corrected chi connectivity index (χ2v) is 3.35. The van der Waals surface area contributed by atoms with Gasteiger partial charge < -0.3 is 0 Å². The highest BCUT2D eigenvalue weighted by atomic mass is 19.4. The topological polar surface area (TPSA) is 41.6 Å². The zero-order valence-electron chi connectivity index (χ0n) is 8.57. The first-order chi connectivity index (χ1) is 8.05. The zero-order chi connectivity index (χ0) is 12.3. The normalized spacial score (nSPS) is 12.2. The molecule has 3 nitrogen and oxygen atoms in total. The summed E-state index contributed by atoms with van der Waals surface area (Å²) < 4.78 is 36.9. The van der Waals surface area contributed by atoms with E-state index in [0.717, 1.165) is 12.1 Å². The van der Waals surface area contributed by atoms with Crippen molar-refractivity contribution in [2.75, 3.05) is 0 Å². The van der Waals surface area contributed by atoms with Crippen LogP contribution in [-0.2, 0) is 6.18 Å². The highest BCUT2D eigenvalue weighted by Crippen LogP contribution is 2.29. The summed E-state index contributed by atoms with van der Waals surface area (Å²) in [6, 6.07) is 4.89. The predicted octanol–water partition coefficient (Wildman–Crippen LogP) is 2.99. The molecule has 1 N–H and O–H groups in total. The summed E-state index contributed by atoms with van der Waals surface area (Å²) in [4.78, 5) is 0. The molecule has 1 aromatic carbocycles. The van der Waals surface area contributed by atoms with Gasteiger partial charge in [-0.25, -0.2) is 0 Å². The van der Waals surface area contributed by atoms with E-state index in [2.05, 4.69) is 15.4 Å². The molecule has 1 heterocycles. The fourth-order valence-corrected chi connectivity index (χ4v) is 1.26. The smallest absolute Gasteiger partial charge is 0.197 e. The Hall–Kier alpha value is -2.11. The molecule has 2 rings (SSSR count). The molecule has 0 aliphatic rings. The highest BCUT2D eigenvalue weighted by molar-refractivity contribution is 5.67. The molecule has 0 spiro atoms. The minimum Gasteiger partial charge on any atom is -0.197 e. The van der Waals surface area contributed by atoms with Gasteiger partial charge in [0.05, 0.1) is 11.8 Å². The number of hydrogen-bond acceptors (Lipinski definition) is 2. The molecule has 0 bridgehead atoms. The fourth-order valence-electron chi connectivity index (χ4n) is 1.26. The van der Waals surface area contributed by atoms with Crippen molar-refractivity contribution < 1.29 is 13.2 Å². The number of aromatic amines is 1. The van der Waals surface area contributed by atoms with Crippen LogP contribution in [-0.4, -0.2) is 15.4 Å². The molecule has 0 unspecified atom stereocenters. The Bertz CT molecular complexity index is 498. The molecule has 17 heavy (non-hydrogen) atoms. The molecular weight excluding hydrogens is 231 g/mol. The maximum absolute atomic E-state index is 12.3. The quantitative estimate of drug-likeness (QED) is 0.875. The third-order valence-electron chi connectivity index (χ3n) is 2.12. The molecule has 6 heteroatoms. The van der Waals surface area contributed by atoms with Crippen molar-refractivity contribution in [3.8, 4) is 0 Å². The Labute approximate surface area is 95.0 Å². The summed E-state index contributed by atoms with van der Waals surface area (Å²) in [6.45, 7) is 0. The monoisotopic (exact) mass is 239 g/mol. The van der Waals surface area contributed by atoms with Crippen LogP contribution in [0.5, 0.6) is 0 Å². The van der Waals surface area contributed by atoms with Crippen molar-refractivity contribution in [1.29, 1.82) is 0 Å². The first-order valence-electron chi connectivity index (χ1n) is 4.77. The molecule has 88 valence electrons. The van der Waals surface area contributed by atoms with E-state index in [1.807, 2.05) is 0 Å². The van der Waals surface area contributed by atoms with Crippen molar-refractivity contribution in [3.05, 3.63) is 47.3 Å². The Morgan fingerprint density at radius 2 is 1.76 bits per heavy atom. The Balaban J connectivity index is 2.14. The predicted molar refractivity (Wildman–Crippen MR) is 56.8 cm³/mol. The van der Waals surface area contributed by atoms with Crippen LogP contribution < -0.4 is 0 Å². The number of nitrogens with one attached hydrogen (secondary N) is 1. The number of hydrogen-bond donors (Lipinski definition) is 1. The zero-order valence-corrected chi connectivity index (χ0v) is 8.57. The van der Waals surface area contributed by atoms with E-state index in [0.29, 0.717) is 11.3 Å². The number of benzene rings is 1. The lowest BCUT2D eigenvalue weighted by molar-refractivity contribution is -0.137. The summed E-state index contributed by atoms with van der Waals surface area (Å²) in [5.41, 5.74) is 0.627. The number of H-pyrrole nitrogens is 1. The molecule has 0 fully saturated rings. The third-order valence-corrected chi connectivity index (χ3v) is 2.12. The van der Waals surface area contributed by atoms with E-state index >= 15 is 0 Å². The molecule has 0 atom stereocenters. The van der Waals surface area contributed by atoms with Crippen molar-refractivity contribution in [3.63, 3.8) is 0 Å². The van der Waals surface area contributed by atoms with Gasteiger partial charge in [-0.1, -0.05) is 18.2 Å². The minimum absolute atomic E-state index is 0.616. The molecule has 0 radical (unpaired) electrons. The second-order valence-electron chi connectivity index (χ2n) is 3.35. The summed E-state index contributed by atoms with van der Waals surface area (Å²) in [7, 11) is 0. The van der Waals surface area contributed by atoms with Gasteiger partial charge in [0.25, 0.3) is 0 Å². The van der Waals surface area contributed by atoms with Gasteiger partial charge in [0, 0.05) is 0 Å². The molecule has 1 aromatic heterocycles. The Morgan fingerprint density at radius 1 is 1.06 bits per heavy atom. The number of halogens is 3. The second kappa shape index (κ2) is 4.40. The molecule has 0 saturated carbocycles. The van der Waals surface area contributed by atoms with E-state index in [4.69, 9.17) is 0 Å². The fraction of sp³-hybridized carbons (Fsp3) is 0.0909. The molecule has 0 aliphatic carbocycles. The first-order valence-corrected chi connectivity index (χ1v) is 4.77. The Morgan fingerprint density at radius 3 is 2.29 bits per heavy atom. The van der Waals surface area contributed by atoms with Gasteiger partial charge in [0.2, 0.25) is 0 Å². The van der Waals surface area contributed by atoms with Crippen molar-refractivity contribution in [1.82, 2.24) is 15.4 Å². The number of aromatic nitrogens is 3. The van der Waals surface area contributed by atoms with Gasteiger partial charge in [-0.15, -0.1) is 0 Å². The largest absolute Gasteiger partial charge is 0.416 e. The third kappa shape index (κ3) is 2.93. The van der Waals surface area contributed by atoms with Crippen LogP contribution in [0.15, 0.2) is 30.5 Å². The minimum atomic E-state index is -4.30. The van der Waals surface area contributed by atoms with Crippen molar-refractivity contribution in [2.45, 2.75) is 6.18 Å². The van der Waals surface area contributed by atoms with Gasteiger partial charge in [-0.3, -0.25) is 0 Å². The van der Waals surface area contributed by atoms with Gasteiger partial charge in [0.1, 0.15) is 5.69 Å². The van der Waals surface area contributed by atoms with Crippen molar-refractivity contribution >= 4 is 12.2 Å². The summed E-state index contributed by atoms with van der Waals surface area (Å²) >= 11 is 0. The van der Waals surface area contributed by atoms with Crippen LogP contribution in [0, 0.1) is 0 Å². The molecular formula is C11H8F3N3. The van der Waals surface area contributed by atoms with Crippen LogP contribution in [0.1, 0.15) is 16.8 Å². The standard InChI is InChI=1S/C11H8F3N3/c12-11(13,14)9-4-1-8(2-5-9)3-6-10-7-15-17-16-10/h1-7H,(H,15,16,17)/b6-3+. The average Bonchev–Trinajstić information content (AvgIpc) is 2.78. The lowest BCUT2D eigenvalue weighted by Crippen LogP contribution is -2.03. The number of alkyl halides is 3. The average molecular weight is 239 g/mol. The van der Waals surface area contributed by atoms with Crippen molar-refractivity contribution in [2.24, 2.45) is 0 Å². The van der Waals surface area contributed by atoms with E-state index < -0.39 is 11.7 Å². The van der Waals surface area contributed by atoms with E-state index in [9.17, 15) is 13.2 Å². The lowest BCUT2D eigenvalue weighted by atomic mass is 10.1. The molecule has 0 amide bonds. The molecule has 2 aromatic rings.